The van der Waals surface area contributed by atoms with Crippen molar-refractivity contribution in [2.24, 2.45) is 0 Å². The van der Waals surface area contributed by atoms with Gasteiger partial charge in [-0.2, -0.15) is 0 Å². The summed E-state index contributed by atoms with van der Waals surface area (Å²) in [5.41, 5.74) is 2.58. The molecule has 0 aliphatic rings. The van der Waals surface area contributed by atoms with Crippen LogP contribution in [0.3, 0.4) is 0 Å². The fourth-order valence-electron chi connectivity index (χ4n) is 2.62. The summed E-state index contributed by atoms with van der Waals surface area (Å²) in [4.78, 5) is 11.2. The highest BCUT2D eigenvalue weighted by Gasteiger charge is 2.12. The van der Waals surface area contributed by atoms with Crippen molar-refractivity contribution in [3.63, 3.8) is 0 Å². The molecule has 134 valence electrons. The van der Waals surface area contributed by atoms with E-state index in [1.807, 2.05) is 12.1 Å². The van der Waals surface area contributed by atoms with Gasteiger partial charge in [-0.05, 0) is 48.2 Å². The van der Waals surface area contributed by atoms with Gasteiger partial charge in [-0.1, -0.05) is 19.9 Å². The van der Waals surface area contributed by atoms with Crippen LogP contribution in [0.15, 0.2) is 36.4 Å². The number of hydrogen-bond donors (Lipinski definition) is 1. The van der Waals surface area contributed by atoms with Gasteiger partial charge in [0.2, 0.25) is 0 Å². The lowest BCUT2D eigenvalue weighted by molar-refractivity contribution is 0.0691. The molecule has 0 spiro atoms. The van der Waals surface area contributed by atoms with Gasteiger partial charge in [0, 0.05) is 6.07 Å². The minimum Gasteiger partial charge on any atom is -0.497 e. The standard InChI is InChI=1S/C20H24O5/c1-13(2)17-7-6-16(11-14(17)3)24-9-10-25-19-12-15(23-4)5-8-18(19)20(21)22/h5-8,11-13H,9-10H2,1-4H3,(H,21,22). The first-order valence-electron chi connectivity index (χ1n) is 8.20. The molecule has 0 aliphatic carbocycles. The number of carboxylic acids is 1. The van der Waals surface area contributed by atoms with Crippen molar-refractivity contribution in [3.8, 4) is 17.2 Å². The van der Waals surface area contributed by atoms with E-state index >= 15 is 0 Å². The highest BCUT2D eigenvalue weighted by atomic mass is 16.5. The summed E-state index contributed by atoms with van der Waals surface area (Å²) in [6.07, 6.45) is 0. The molecule has 1 N–H and O–H groups in total. The Balaban J connectivity index is 1.95. The lowest BCUT2D eigenvalue weighted by atomic mass is 9.98. The zero-order valence-corrected chi connectivity index (χ0v) is 15.0. The predicted octanol–water partition coefficient (Wildman–Crippen LogP) is 4.28. The van der Waals surface area contributed by atoms with Crippen LogP contribution in [0.2, 0.25) is 0 Å². The van der Waals surface area contributed by atoms with Gasteiger partial charge in [0.05, 0.1) is 7.11 Å². The second-order valence-electron chi connectivity index (χ2n) is 6.04. The van der Waals surface area contributed by atoms with Crippen molar-refractivity contribution < 1.29 is 24.1 Å². The highest BCUT2D eigenvalue weighted by molar-refractivity contribution is 5.91. The van der Waals surface area contributed by atoms with E-state index in [1.165, 1.54) is 24.3 Å². The summed E-state index contributed by atoms with van der Waals surface area (Å²) in [6.45, 7) is 6.93. The van der Waals surface area contributed by atoms with Gasteiger partial charge < -0.3 is 19.3 Å². The first kappa shape index (κ1) is 18.6. The van der Waals surface area contributed by atoms with Crippen LogP contribution in [0.25, 0.3) is 0 Å². The number of hydrogen-bond acceptors (Lipinski definition) is 4. The second-order valence-corrected chi connectivity index (χ2v) is 6.04. The minimum atomic E-state index is -1.04. The van der Waals surface area contributed by atoms with Gasteiger partial charge >= 0.3 is 5.97 Å². The summed E-state index contributed by atoms with van der Waals surface area (Å²) in [7, 11) is 1.52. The SMILES string of the molecule is COc1ccc(C(=O)O)c(OCCOc2ccc(C(C)C)c(C)c2)c1. The lowest BCUT2D eigenvalue weighted by Gasteiger charge is -2.14. The van der Waals surface area contributed by atoms with Crippen molar-refractivity contribution in [1.82, 2.24) is 0 Å². The molecule has 0 bridgehead atoms. The fourth-order valence-corrected chi connectivity index (χ4v) is 2.62. The Morgan fingerprint density at radius 3 is 2.32 bits per heavy atom. The first-order chi connectivity index (χ1) is 11.9. The molecular weight excluding hydrogens is 320 g/mol. The molecule has 0 radical (unpaired) electrons. The summed E-state index contributed by atoms with van der Waals surface area (Å²) in [6, 6.07) is 10.6. The summed E-state index contributed by atoms with van der Waals surface area (Å²) in [5, 5.41) is 9.21. The van der Waals surface area contributed by atoms with Gasteiger partial charge in [0.25, 0.3) is 0 Å². The van der Waals surface area contributed by atoms with E-state index in [1.54, 1.807) is 12.1 Å². The number of aromatic carboxylic acids is 1. The second kappa shape index (κ2) is 8.42. The van der Waals surface area contributed by atoms with E-state index in [9.17, 15) is 9.90 Å². The monoisotopic (exact) mass is 344 g/mol. The third-order valence-electron chi connectivity index (χ3n) is 3.89. The van der Waals surface area contributed by atoms with Crippen LogP contribution in [-0.4, -0.2) is 31.4 Å². The van der Waals surface area contributed by atoms with Crippen LogP contribution in [-0.2, 0) is 0 Å². The molecule has 5 nitrogen and oxygen atoms in total. The summed E-state index contributed by atoms with van der Waals surface area (Å²) >= 11 is 0. The van der Waals surface area contributed by atoms with Crippen LogP contribution in [0, 0.1) is 6.92 Å². The molecule has 2 rings (SSSR count). The van der Waals surface area contributed by atoms with E-state index in [2.05, 4.69) is 26.8 Å². The lowest BCUT2D eigenvalue weighted by Crippen LogP contribution is -2.11. The van der Waals surface area contributed by atoms with Crippen LogP contribution in [0.5, 0.6) is 17.2 Å². The molecule has 0 fully saturated rings. The van der Waals surface area contributed by atoms with Crippen LogP contribution in [0.4, 0.5) is 0 Å². The number of ether oxygens (including phenoxy) is 3. The predicted molar refractivity (Wildman–Crippen MR) is 96.2 cm³/mol. The Morgan fingerprint density at radius 1 is 1.04 bits per heavy atom. The van der Waals surface area contributed by atoms with Crippen molar-refractivity contribution >= 4 is 5.97 Å². The molecule has 0 heterocycles. The maximum Gasteiger partial charge on any atom is 0.339 e. The van der Waals surface area contributed by atoms with Crippen LogP contribution >= 0.6 is 0 Å². The normalized spacial score (nSPS) is 10.6. The van der Waals surface area contributed by atoms with Gasteiger partial charge in [-0.25, -0.2) is 4.79 Å². The molecule has 25 heavy (non-hydrogen) atoms. The molecule has 0 amide bonds. The minimum absolute atomic E-state index is 0.0953. The Kier molecular flexibility index (Phi) is 6.28. The maximum atomic E-state index is 11.2. The Bertz CT molecular complexity index is 737. The zero-order valence-electron chi connectivity index (χ0n) is 15.0. The average molecular weight is 344 g/mol. The number of aryl methyl sites for hydroxylation is 1. The highest BCUT2D eigenvalue weighted by Crippen LogP contribution is 2.25. The maximum absolute atomic E-state index is 11.2. The van der Waals surface area contributed by atoms with Crippen LogP contribution in [0.1, 0.15) is 41.3 Å². The third kappa shape index (κ3) is 4.89. The van der Waals surface area contributed by atoms with Crippen LogP contribution < -0.4 is 14.2 Å². The van der Waals surface area contributed by atoms with Crippen molar-refractivity contribution in [2.75, 3.05) is 20.3 Å². The van der Waals surface area contributed by atoms with Gasteiger partial charge in [0.1, 0.15) is 36.0 Å². The third-order valence-corrected chi connectivity index (χ3v) is 3.89. The van der Waals surface area contributed by atoms with Gasteiger partial charge in [-0.3, -0.25) is 0 Å². The number of methoxy groups -OCH3 is 1. The molecule has 0 saturated heterocycles. The van der Waals surface area contributed by atoms with Gasteiger partial charge in [-0.15, -0.1) is 0 Å². The smallest absolute Gasteiger partial charge is 0.339 e. The van der Waals surface area contributed by atoms with E-state index in [-0.39, 0.29) is 17.9 Å². The Hall–Kier alpha value is -2.69. The van der Waals surface area contributed by atoms with E-state index < -0.39 is 5.97 Å². The largest absolute Gasteiger partial charge is 0.497 e. The molecule has 0 aromatic heterocycles. The van der Waals surface area contributed by atoms with Crippen molar-refractivity contribution in [2.45, 2.75) is 26.7 Å². The molecule has 5 heteroatoms. The summed E-state index contributed by atoms with van der Waals surface area (Å²) in [5.74, 6) is 1.01. The molecule has 0 saturated carbocycles. The van der Waals surface area contributed by atoms with E-state index in [4.69, 9.17) is 14.2 Å². The quantitative estimate of drug-likeness (QED) is 0.724. The first-order valence-corrected chi connectivity index (χ1v) is 8.20. The Morgan fingerprint density at radius 2 is 1.72 bits per heavy atom. The molecule has 0 atom stereocenters. The molecule has 0 aliphatic heterocycles. The van der Waals surface area contributed by atoms with Crippen molar-refractivity contribution in [3.05, 3.63) is 53.1 Å². The number of benzene rings is 2. The van der Waals surface area contributed by atoms with Crippen molar-refractivity contribution in [1.29, 1.82) is 0 Å². The number of rotatable bonds is 8. The number of carbonyl (C=O) groups is 1. The molecule has 0 unspecified atom stereocenters. The number of carboxylic acid groups (broad SMARTS) is 1. The molecule has 2 aromatic carbocycles. The van der Waals surface area contributed by atoms with Gasteiger partial charge in [0.15, 0.2) is 0 Å². The molecule has 2 aromatic rings. The molecular formula is C20H24O5. The average Bonchev–Trinajstić information content (AvgIpc) is 2.58. The van der Waals surface area contributed by atoms with E-state index in [0.29, 0.717) is 18.3 Å². The fraction of sp³-hybridized carbons (Fsp3) is 0.350. The topological polar surface area (TPSA) is 65.0 Å². The summed E-state index contributed by atoms with van der Waals surface area (Å²) < 4.78 is 16.4. The Labute approximate surface area is 148 Å². The zero-order chi connectivity index (χ0) is 18.4. The van der Waals surface area contributed by atoms with E-state index in [0.717, 1.165) is 5.75 Å².